The molecule has 0 bridgehead atoms. The molecular weight excluding hydrogens is 257 g/mol. The van der Waals surface area contributed by atoms with E-state index in [4.69, 9.17) is 5.73 Å². The van der Waals surface area contributed by atoms with Gasteiger partial charge in [-0.05, 0) is 12.8 Å². The number of nitrogens with zero attached hydrogens (tertiary/aromatic N) is 2. The highest BCUT2D eigenvalue weighted by Gasteiger charge is 2.63. The molecule has 0 spiro atoms. The zero-order chi connectivity index (χ0) is 14.5. The van der Waals surface area contributed by atoms with Crippen molar-refractivity contribution < 1.29 is 13.2 Å². The fourth-order valence-corrected chi connectivity index (χ4v) is 1.71. The first kappa shape index (κ1) is 13.9. The van der Waals surface area contributed by atoms with Crippen molar-refractivity contribution in [2.45, 2.75) is 50.7 Å². The molecule has 0 unspecified atom stereocenters. The van der Waals surface area contributed by atoms with E-state index in [1.54, 1.807) is 0 Å². The summed E-state index contributed by atoms with van der Waals surface area (Å²) >= 11 is 0. The smallest absolute Gasteiger partial charge is 0.384 e. The molecule has 1 heterocycles. The predicted molar refractivity (Wildman–Crippen MR) is 66.8 cm³/mol. The molecule has 2 rings (SSSR count). The van der Waals surface area contributed by atoms with Gasteiger partial charge in [0.15, 0.2) is 0 Å². The third kappa shape index (κ3) is 2.74. The molecule has 1 aliphatic rings. The second-order valence-electron chi connectivity index (χ2n) is 5.96. The van der Waals surface area contributed by atoms with Crippen molar-refractivity contribution in [3.63, 3.8) is 0 Å². The Balaban J connectivity index is 2.30. The number of hydrogen-bond donors (Lipinski definition) is 2. The summed E-state index contributed by atoms with van der Waals surface area (Å²) in [5.41, 5.74) is 3.41. The molecule has 1 aromatic heterocycles. The number of nitrogens with two attached hydrogens (primary N) is 1. The lowest BCUT2D eigenvalue weighted by Gasteiger charge is -2.23. The van der Waals surface area contributed by atoms with Crippen molar-refractivity contribution in [3.8, 4) is 0 Å². The predicted octanol–water partition coefficient (Wildman–Crippen LogP) is 2.86. The van der Waals surface area contributed by atoms with Crippen LogP contribution in [0.5, 0.6) is 0 Å². The Morgan fingerprint density at radius 2 is 1.79 bits per heavy atom. The van der Waals surface area contributed by atoms with Crippen LogP contribution < -0.4 is 11.1 Å². The summed E-state index contributed by atoms with van der Waals surface area (Å²) < 4.78 is 38.6. The Labute approximate surface area is 109 Å². The number of nitrogen functional groups attached to an aromatic ring is 1. The van der Waals surface area contributed by atoms with Crippen molar-refractivity contribution in [2.24, 2.45) is 0 Å². The van der Waals surface area contributed by atoms with E-state index >= 15 is 0 Å². The minimum absolute atomic E-state index is 0.0608. The van der Waals surface area contributed by atoms with Gasteiger partial charge in [0.1, 0.15) is 23.0 Å². The topological polar surface area (TPSA) is 63.8 Å². The van der Waals surface area contributed by atoms with Gasteiger partial charge in [-0.1, -0.05) is 20.8 Å². The maximum Gasteiger partial charge on any atom is 0.411 e. The van der Waals surface area contributed by atoms with Crippen molar-refractivity contribution in [2.75, 3.05) is 11.1 Å². The third-order valence-corrected chi connectivity index (χ3v) is 3.08. The van der Waals surface area contributed by atoms with Crippen LogP contribution in [0.1, 0.15) is 39.4 Å². The number of hydrogen-bond acceptors (Lipinski definition) is 4. The zero-order valence-corrected chi connectivity index (χ0v) is 11.1. The molecule has 1 fully saturated rings. The Kier molecular flexibility index (Phi) is 2.91. The highest BCUT2D eigenvalue weighted by molar-refractivity contribution is 5.49. The molecule has 3 N–H and O–H groups in total. The molecule has 4 nitrogen and oxygen atoms in total. The number of nitrogens with one attached hydrogen (secondary N) is 1. The van der Waals surface area contributed by atoms with Gasteiger partial charge in [-0.3, -0.25) is 0 Å². The summed E-state index contributed by atoms with van der Waals surface area (Å²) in [5, 5.41) is 2.47. The van der Waals surface area contributed by atoms with Crippen LogP contribution in [0, 0.1) is 0 Å². The van der Waals surface area contributed by atoms with Crippen molar-refractivity contribution in [3.05, 3.63) is 11.9 Å². The van der Waals surface area contributed by atoms with Gasteiger partial charge in [0.25, 0.3) is 0 Å². The summed E-state index contributed by atoms with van der Waals surface area (Å²) in [5.74, 6) is 0.723. The lowest BCUT2D eigenvalue weighted by molar-refractivity contribution is -0.151. The van der Waals surface area contributed by atoms with Gasteiger partial charge in [-0.15, -0.1) is 0 Å². The van der Waals surface area contributed by atoms with Crippen molar-refractivity contribution in [1.82, 2.24) is 9.97 Å². The quantitative estimate of drug-likeness (QED) is 0.870. The van der Waals surface area contributed by atoms with Crippen LogP contribution in [-0.4, -0.2) is 21.7 Å². The van der Waals surface area contributed by atoms with Crippen molar-refractivity contribution in [1.29, 1.82) is 0 Å². The Hall–Kier alpha value is -1.53. The maximum atomic E-state index is 12.9. The lowest BCUT2D eigenvalue weighted by Crippen LogP contribution is -2.39. The van der Waals surface area contributed by atoms with Crippen molar-refractivity contribution >= 4 is 11.6 Å². The first-order chi connectivity index (χ1) is 8.53. The van der Waals surface area contributed by atoms with Gasteiger partial charge in [0.05, 0.1) is 0 Å². The summed E-state index contributed by atoms with van der Waals surface area (Å²) in [6, 6.07) is 1.33. The molecule has 1 aromatic rings. The average Bonchev–Trinajstić information content (AvgIpc) is 2.95. The van der Waals surface area contributed by atoms with E-state index in [1.165, 1.54) is 6.07 Å². The van der Waals surface area contributed by atoms with E-state index in [2.05, 4.69) is 15.3 Å². The molecule has 1 saturated carbocycles. The first-order valence-corrected chi connectivity index (χ1v) is 6.03. The van der Waals surface area contributed by atoms with Gasteiger partial charge in [-0.2, -0.15) is 13.2 Å². The molecule has 0 atom stereocenters. The van der Waals surface area contributed by atoms with Gasteiger partial charge < -0.3 is 11.1 Å². The molecule has 1 aliphatic carbocycles. The van der Waals surface area contributed by atoms with Crippen LogP contribution in [0.15, 0.2) is 6.07 Å². The molecule has 0 aliphatic heterocycles. The third-order valence-electron chi connectivity index (χ3n) is 3.08. The highest BCUT2D eigenvalue weighted by atomic mass is 19.4. The fraction of sp³-hybridized carbons (Fsp3) is 0.667. The number of aromatic nitrogens is 2. The normalized spacial score (nSPS) is 18.2. The Morgan fingerprint density at radius 3 is 2.21 bits per heavy atom. The van der Waals surface area contributed by atoms with Gasteiger partial charge in [-0.25, -0.2) is 9.97 Å². The average molecular weight is 274 g/mol. The summed E-state index contributed by atoms with van der Waals surface area (Å²) in [4.78, 5) is 8.20. The molecule has 0 amide bonds. The first-order valence-electron chi connectivity index (χ1n) is 6.03. The highest BCUT2D eigenvalue weighted by Crippen LogP contribution is 2.51. The second kappa shape index (κ2) is 3.98. The van der Waals surface area contributed by atoms with Crippen LogP contribution in [0.2, 0.25) is 0 Å². The van der Waals surface area contributed by atoms with E-state index in [9.17, 15) is 13.2 Å². The van der Waals surface area contributed by atoms with E-state index in [-0.39, 0.29) is 29.9 Å². The number of alkyl halides is 3. The van der Waals surface area contributed by atoms with Gasteiger partial charge in [0.2, 0.25) is 0 Å². The molecular formula is C12H17F3N4. The van der Waals surface area contributed by atoms with Crippen LogP contribution in [0.25, 0.3) is 0 Å². The minimum Gasteiger partial charge on any atom is -0.384 e. The summed E-state index contributed by atoms with van der Waals surface area (Å²) in [6.07, 6.45) is -4.16. The van der Waals surface area contributed by atoms with Crippen LogP contribution in [0.4, 0.5) is 24.8 Å². The lowest BCUT2D eigenvalue weighted by atomic mass is 9.96. The van der Waals surface area contributed by atoms with E-state index < -0.39 is 11.7 Å². The van der Waals surface area contributed by atoms with Gasteiger partial charge >= 0.3 is 6.18 Å². The monoisotopic (exact) mass is 274 g/mol. The molecule has 106 valence electrons. The zero-order valence-electron chi connectivity index (χ0n) is 11.1. The standard InChI is InChI=1S/C12H17F3N4/c1-10(2,3)9-17-7(16)6-8(18-9)19-11(4-5-11)12(13,14)15/h6H,4-5H2,1-3H3,(H3,16,17,18,19). The van der Waals surface area contributed by atoms with E-state index in [0.29, 0.717) is 5.82 Å². The maximum absolute atomic E-state index is 12.9. The molecule has 19 heavy (non-hydrogen) atoms. The van der Waals surface area contributed by atoms with Crippen LogP contribution in [-0.2, 0) is 5.41 Å². The van der Waals surface area contributed by atoms with Crippen LogP contribution in [0.3, 0.4) is 0 Å². The Bertz CT molecular complexity index is 487. The van der Waals surface area contributed by atoms with Crippen LogP contribution >= 0.6 is 0 Å². The summed E-state index contributed by atoms with van der Waals surface area (Å²) in [7, 11) is 0. The second-order valence-corrected chi connectivity index (χ2v) is 5.96. The largest absolute Gasteiger partial charge is 0.411 e. The van der Waals surface area contributed by atoms with E-state index in [1.807, 2.05) is 20.8 Å². The minimum atomic E-state index is -4.28. The SMILES string of the molecule is CC(C)(C)c1nc(N)cc(NC2(C(F)(F)F)CC2)n1. The molecule has 0 saturated heterocycles. The molecule has 0 aromatic carbocycles. The summed E-state index contributed by atoms with van der Waals surface area (Å²) in [6.45, 7) is 5.63. The number of halogens is 3. The number of anilines is 2. The molecule has 7 heteroatoms. The number of rotatable bonds is 2. The fourth-order valence-electron chi connectivity index (χ4n) is 1.71. The molecule has 0 radical (unpaired) electrons. The Morgan fingerprint density at radius 1 is 1.21 bits per heavy atom. The van der Waals surface area contributed by atoms with Gasteiger partial charge in [0, 0.05) is 11.5 Å². The van der Waals surface area contributed by atoms with E-state index in [0.717, 1.165) is 0 Å².